The maximum atomic E-state index is 12.7. The largest absolute Gasteiger partial charge is 0.330 e. The Balaban J connectivity index is 2.32. The van der Waals surface area contributed by atoms with Crippen LogP contribution in [0.1, 0.15) is 25.3 Å². The molecule has 2 atom stereocenters. The van der Waals surface area contributed by atoms with Crippen LogP contribution in [0.25, 0.3) is 0 Å². The van der Waals surface area contributed by atoms with E-state index in [4.69, 9.17) is 17.3 Å². The summed E-state index contributed by atoms with van der Waals surface area (Å²) in [6, 6.07) is 1.68. The van der Waals surface area contributed by atoms with Gasteiger partial charge >= 0.3 is 0 Å². The van der Waals surface area contributed by atoms with Gasteiger partial charge in [-0.2, -0.15) is 4.31 Å². The van der Waals surface area contributed by atoms with Crippen LogP contribution in [0, 0.1) is 12.8 Å². The number of thiophene rings is 1. The van der Waals surface area contributed by atoms with Crippen molar-refractivity contribution in [2.75, 3.05) is 13.1 Å². The minimum Gasteiger partial charge on any atom is -0.330 e. The predicted octanol–water partition coefficient (Wildman–Crippen LogP) is 2.46. The lowest BCUT2D eigenvalue weighted by atomic mass is 9.96. The fraction of sp³-hybridized carbons (Fsp3) is 0.667. The summed E-state index contributed by atoms with van der Waals surface area (Å²) in [4.78, 5) is 0. The highest BCUT2D eigenvalue weighted by Crippen LogP contribution is 2.34. The molecule has 1 fully saturated rings. The van der Waals surface area contributed by atoms with E-state index in [1.807, 2.05) is 13.8 Å². The molecule has 2 unspecified atom stereocenters. The molecule has 7 heteroatoms. The topological polar surface area (TPSA) is 63.4 Å². The second kappa shape index (κ2) is 5.69. The van der Waals surface area contributed by atoms with Gasteiger partial charge in [0.2, 0.25) is 0 Å². The smallest absolute Gasteiger partial charge is 0.252 e. The molecule has 0 amide bonds. The first-order chi connectivity index (χ1) is 8.86. The molecule has 1 aliphatic rings. The Morgan fingerprint density at radius 1 is 1.53 bits per heavy atom. The lowest BCUT2D eigenvalue weighted by Gasteiger charge is -2.36. The molecule has 0 bridgehead atoms. The third kappa shape index (κ3) is 2.97. The number of hydrogen-bond donors (Lipinski definition) is 1. The summed E-state index contributed by atoms with van der Waals surface area (Å²) in [6.07, 6.45) is 1.85. The monoisotopic (exact) mass is 322 g/mol. The summed E-state index contributed by atoms with van der Waals surface area (Å²) in [5.74, 6) is 0.252. The molecule has 0 aliphatic carbocycles. The molecule has 2 heterocycles. The fourth-order valence-corrected chi connectivity index (χ4v) is 5.92. The number of nitrogens with zero attached hydrogens (tertiary/aromatic N) is 1. The zero-order valence-corrected chi connectivity index (χ0v) is 13.5. The minimum atomic E-state index is -3.44. The molecule has 0 aromatic carbocycles. The standard InChI is InChI=1S/C12H19ClN2O2S2/c1-8-5-11(18-12(8)13)19(16,17)15-7-10(6-14)4-3-9(15)2/h5,9-10H,3-4,6-7,14H2,1-2H3. The van der Waals surface area contributed by atoms with Crippen LogP contribution in [-0.2, 0) is 10.0 Å². The van der Waals surface area contributed by atoms with E-state index in [2.05, 4.69) is 0 Å². The number of sulfonamides is 1. The van der Waals surface area contributed by atoms with Gasteiger partial charge in [0.1, 0.15) is 4.21 Å². The maximum absolute atomic E-state index is 12.7. The maximum Gasteiger partial charge on any atom is 0.252 e. The molecule has 1 aromatic heterocycles. The SMILES string of the molecule is Cc1cc(S(=O)(=O)N2CC(CN)CCC2C)sc1Cl. The van der Waals surface area contributed by atoms with Crippen LogP contribution in [0.4, 0.5) is 0 Å². The highest BCUT2D eigenvalue weighted by molar-refractivity contribution is 7.91. The summed E-state index contributed by atoms with van der Waals surface area (Å²) in [5.41, 5.74) is 6.49. The Morgan fingerprint density at radius 2 is 2.21 bits per heavy atom. The Bertz CT molecular complexity index is 537. The van der Waals surface area contributed by atoms with Gasteiger partial charge < -0.3 is 5.73 Å². The molecule has 1 aromatic rings. The Morgan fingerprint density at radius 3 is 2.74 bits per heavy atom. The van der Waals surface area contributed by atoms with Crippen LogP contribution in [-0.4, -0.2) is 31.9 Å². The van der Waals surface area contributed by atoms with Crippen LogP contribution in [0.2, 0.25) is 4.34 Å². The Hall–Kier alpha value is -0.140. The van der Waals surface area contributed by atoms with Gasteiger partial charge in [-0.05, 0) is 50.8 Å². The molecule has 2 N–H and O–H groups in total. The molecule has 19 heavy (non-hydrogen) atoms. The molecule has 2 rings (SSSR count). The first-order valence-corrected chi connectivity index (χ1v) is 8.97. The summed E-state index contributed by atoms with van der Waals surface area (Å²) in [7, 11) is -3.44. The van der Waals surface area contributed by atoms with E-state index < -0.39 is 10.0 Å². The zero-order chi connectivity index (χ0) is 14.2. The summed E-state index contributed by atoms with van der Waals surface area (Å²) >= 11 is 7.11. The van der Waals surface area contributed by atoms with E-state index in [-0.39, 0.29) is 12.0 Å². The average molecular weight is 323 g/mol. The summed E-state index contributed by atoms with van der Waals surface area (Å²) in [6.45, 7) is 4.81. The van der Waals surface area contributed by atoms with Gasteiger partial charge in [-0.15, -0.1) is 11.3 Å². The number of hydrogen-bond acceptors (Lipinski definition) is 4. The van der Waals surface area contributed by atoms with Crippen molar-refractivity contribution in [3.8, 4) is 0 Å². The quantitative estimate of drug-likeness (QED) is 0.929. The van der Waals surface area contributed by atoms with Crippen LogP contribution in [0.3, 0.4) is 0 Å². The van der Waals surface area contributed by atoms with Crippen LogP contribution in [0.15, 0.2) is 10.3 Å². The molecule has 0 saturated carbocycles. The van der Waals surface area contributed by atoms with E-state index in [0.717, 1.165) is 29.7 Å². The van der Waals surface area contributed by atoms with Crippen molar-refractivity contribution in [1.82, 2.24) is 4.31 Å². The van der Waals surface area contributed by atoms with E-state index >= 15 is 0 Å². The molecule has 108 valence electrons. The van der Waals surface area contributed by atoms with Gasteiger partial charge in [0, 0.05) is 12.6 Å². The van der Waals surface area contributed by atoms with Crippen molar-refractivity contribution < 1.29 is 8.42 Å². The van der Waals surface area contributed by atoms with Crippen LogP contribution < -0.4 is 5.73 Å². The highest BCUT2D eigenvalue weighted by Gasteiger charge is 2.35. The summed E-state index contributed by atoms with van der Waals surface area (Å²) in [5, 5.41) is 0. The minimum absolute atomic E-state index is 0.0222. The fourth-order valence-electron chi connectivity index (χ4n) is 2.35. The zero-order valence-electron chi connectivity index (χ0n) is 11.1. The lowest BCUT2D eigenvalue weighted by molar-refractivity contribution is 0.211. The summed E-state index contributed by atoms with van der Waals surface area (Å²) < 4.78 is 27.8. The first-order valence-electron chi connectivity index (χ1n) is 6.34. The number of rotatable bonds is 3. The van der Waals surface area contributed by atoms with Crippen molar-refractivity contribution in [3.05, 3.63) is 16.0 Å². The van der Waals surface area contributed by atoms with Gasteiger partial charge in [-0.3, -0.25) is 0 Å². The van der Waals surface area contributed by atoms with Crippen molar-refractivity contribution >= 4 is 33.0 Å². The molecule has 1 saturated heterocycles. The number of aryl methyl sites for hydroxylation is 1. The van der Waals surface area contributed by atoms with Crippen molar-refractivity contribution in [2.45, 2.75) is 36.9 Å². The Labute approximate surface area is 123 Å². The number of nitrogens with two attached hydrogens (primary N) is 1. The van der Waals surface area contributed by atoms with Gasteiger partial charge in [0.05, 0.1) is 4.34 Å². The molecule has 0 spiro atoms. The van der Waals surface area contributed by atoms with E-state index in [1.54, 1.807) is 10.4 Å². The second-order valence-corrected chi connectivity index (χ2v) is 8.90. The molecular weight excluding hydrogens is 304 g/mol. The number of halogens is 1. The van der Waals surface area contributed by atoms with E-state index in [0.29, 0.717) is 21.6 Å². The van der Waals surface area contributed by atoms with Crippen molar-refractivity contribution in [2.24, 2.45) is 11.7 Å². The molecular formula is C12H19ClN2O2S2. The third-order valence-electron chi connectivity index (χ3n) is 3.65. The van der Waals surface area contributed by atoms with Crippen LogP contribution >= 0.6 is 22.9 Å². The third-order valence-corrected chi connectivity index (χ3v) is 7.64. The van der Waals surface area contributed by atoms with E-state index in [1.165, 1.54) is 0 Å². The van der Waals surface area contributed by atoms with Gasteiger partial charge in [-0.25, -0.2) is 8.42 Å². The number of piperidine rings is 1. The van der Waals surface area contributed by atoms with Crippen molar-refractivity contribution in [1.29, 1.82) is 0 Å². The lowest BCUT2D eigenvalue weighted by Crippen LogP contribution is -2.46. The van der Waals surface area contributed by atoms with Crippen LogP contribution in [0.5, 0.6) is 0 Å². The normalized spacial score (nSPS) is 25.7. The highest BCUT2D eigenvalue weighted by atomic mass is 35.5. The first kappa shape index (κ1) is 15.3. The van der Waals surface area contributed by atoms with Gasteiger partial charge in [0.25, 0.3) is 10.0 Å². The van der Waals surface area contributed by atoms with E-state index in [9.17, 15) is 8.42 Å². The molecule has 4 nitrogen and oxygen atoms in total. The second-order valence-electron chi connectivity index (χ2n) is 5.12. The van der Waals surface area contributed by atoms with Gasteiger partial charge in [0.15, 0.2) is 0 Å². The average Bonchev–Trinajstić information content (AvgIpc) is 2.71. The molecule has 1 aliphatic heterocycles. The molecule has 0 radical (unpaired) electrons. The Kier molecular flexibility index (Phi) is 4.57. The van der Waals surface area contributed by atoms with Crippen molar-refractivity contribution in [3.63, 3.8) is 0 Å². The van der Waals surface area contributed by atoms with Gasteiger partial charge in [-0.1, -0.05) is 11.6 Å². The predicted molar refractivity (Wildman–Crippen MR) is 79.2 cm³/mol.